The smallest absolute Gasteiger partial charge is 0.316 e. The summed E-state index contributed by atoms with van der Waals surface area (Å²) in [5, 5.41) is 11.1. The van der Waals surface area contributed by atoms with Gasteiger partial charge < -0.3 is 4.74 Å². The Balaban J connectivity index is 2.36. The lowest BCUT2D eigenvalue weighted by molar-refractivity contribution is -0.385. The summed E-state index contributed by atoms with van der Waals surface area (Å²) >= 11 is 0. The van der Waals surface area contributed by atoms with Gasteiger partial charge in [-0.15, -0.1) is 0 Å². The highest BCUT2D eigenvalue weighted by Gasteiger charge is 2.31. The predicted molar refractivity (Wildman–Crippen MR) is 83.1 cm³/mol. The summed E-state index contributed by atoms with van der Waals surface area (Å²) in [5.41, 5.74) is 0.556. The lowest BCUT2D eigenvalue weighted by atomic mass is 9.90. The molecule has 1 atom stereocenters. The number of carbonyl (C=O) groups is 2. The zero-order valence-electron chi connectivity index (χ0n) is 12.5. The molecule has 118 valence electrons. The number of ketones is 1. The fourth-order valence-electron chi connectivity index (χ4n) is 2.31. The molecule has 0 heterocycles. The molecule has 2 rings (SSSR count). The normalized spacial score (nSPS) is 11.5. The number of rotatable bonds is 6. The maximum Gasteiger partial charge on any atom is 0.316 e. The number of Topliss-reactive ketones (excluding diaryl/α,β-unsaturated/α-hetero) is 1. The Labute approximate surface area is 132 Å². The van der Waals surface area contributed by atoms with Crippen LogP contribution in [0.5, 0.6) is 0 Å². The van der Waals surface area contributed by atoms with Gasteiger partial charge in [0.15, 0.2) is 5.78 Å². The first-order valence-corrected chi connectivity index (χ1v) is 6.94. The number of hydrogen-bond acceptors (Lipinski definition) is 5. The second kappa shape index (κ2) is 7.31. The summed E-state index contributed by atoms with van der Waals surface area (Å²) in [6.07, 6.45) is -0.0858. The number of ether oxygens (including phenoxy) is 1. The van der Waals surface area contributed by atoms with Crippen molar-refractivity contribution >= 4 is 17.4 Å². The molecule has 0 saturated carbocycles. The van der Waals surface area contributed by atoms with Gasteiger partial charge in [0.2, 0.25) is 0 Å². The van der Waals surface area contributed by atoms with Gasteiger partial charge in [0.25, 0.3) is 5.69 Å². The highest BCUT2D eigenvalue weighted by Crippen LogP contribution is 2.23. The van der Waals surface area contributed by atoms with Crippen molar-refractivity contribution in [3.8, 4) is 0 Å². The van der Waals surface area contributed by atoms with Crippen LogP contribution in [-0.2, 0) is 16.0 Å². The highest BCUT2D eigenvalue weighted by atomic mass is 16.6. The molecule has 1 unspecified atom stereocenters. The van der Waals surface area contributed by atoms with Gasteiger partial charge in [-0.05, 0) is 6.42 Å². The summed E-state index contributed by atoms with van der Waals surface area (Å²) in [5.74, 6) is -2.25. The Morgan fingerprint density at radius 2 is 1.70 bits per heavy atom. The molecule has 2 aromatic carbocycles. The zero-order chi connectivity index (χ0) is 16.8. The van der Waals surface area contributed by atoms with Gasteiger partial charge in [-0.1, -0.05) is 48.5 Å². The molecule has 0 saturated heterocycles. The molecule has 0 aliphatic carbocycles. The van der Waals surface area contributed by atoms with Crippen LogP contribution in [-0.4, -0.2) is 23.8 Å². The van der Waals surface area contributed by atoms with Crippen molar-refractivity contribution in [3.63, 3.8) is 0 Å². The van der Waals surface area contributed by atoms with E-state index in [9.17, 15) is 19.7 Å². The van der Waals surface area contributed by atoms with E-state index < -0.39 is 22.6 Å². The lowest BCUT2D eigenvalue weighted by Gasteiger charge is -2.14. The lowest BCUT2D eigenvalue weighted by Crippen LogP contribution is -2.27. The summed E-state index contributed by atoms with van der Waals surface area (Å²) in [4.78, 5) is 35.1. The van der Waals surface area contributed by atoms with Crippen molar-refractivity contribution in [1.82, 2.24) is 0 Å². The predicted octanol–water partition coefficient (Wildman–Crippen LogP) is 2.81. The number of nitro groups is 1. The van der Waals surface area contributed by atoms with E-state index in [0.29, 0.717) is 11.1 Å². The minimum Gasteiger partial charge on any atom is -0.468 e. The van der Waals surface area contributed by atoms with Crippen LogP contribution in [0, 0.1) is 16.0 Å². The second-order valence-electron chi connectivity index (χ2n) is 4.90. The molecule has 0 bridgehead atoms. The molecule has 0 radical (unpaired) electrons. The molecule has 6 nitrogen and oxygen atoms in total. The SMILES string of the molecule is COC(=O)C(Cc1ccccc1[N+](=O)[O-])C(=O)c1ccccc1. The first-order chi connectivity index (χ1) is 11.0. The van der Waals surface area contributed by atoms with Crippen LogP contribution in [0.2, 0.25) is 0 Å². The Kier molecular flexibility index (Phi) is 5.19. The van der Waals surface area contributed by atoms with E-state index >= 15 is 0 Å². The number of nitrogens with zero attached hydrogens (tertiary/aromatic N) is 1. The monoisotopic (exact) mass is 313 g/mol. The third-order valence-electron chi connectivity index (χ3n) is 3.47. The average molecular weight is 313 g/mol. The van der Waals surface area contributed by atoms with Gasteiger partial charge >= 0.3 is 5.97 Å². The van der Waals surface area contributed by atoms with Crippen molar-refractivity contribution in [1.29, 1.82) is 0 Å². The molecule has 0 spiro atoms. The highest BCUT2D eigenvalue weighted by molar-refractivity contribution is 6.08. The Hall–Kier alpha value is -3.02. The number of esters is 1. The topological polar surface area (TPSA) is 86.5 Å². The van der Waals surface area contributed by atoms with Crippen molar-refractivity contribution in [2.24, 2.45) is 5.92 Å². The number of methoxy groups -OCH3 is 1. The van der Waals surface area contributed by atoms with Crippen LogP contribution in [0.15, 0.2) is 54.6 Å². The Morgan fingerprint density at radius 3 is 2.30 bits per heavy atom. The van der Waals surface area contributed by atoms with E-state index in [4.69, 9.17) is 4.74 Å². The minimum atomic E-state index is -1.12. The van der Waals surface area contributed by atoms with Gasteiger partial charge in [-0.25, -0.2) is 0 Å². The largest absolute Gasteiger partial charge is 0.468 e. The average Bonchev–Trinajstić information content (AvgIpc) is 2.59. The molecular formula is C17H15NO5. The van der Waals surface area contributed by atoms with Gasteiger partial charge in [0.05, 0.1) is 12.0 Å². The van der Waals surface area contributed by atoms with E-state index in [0.717, 1.165) is 0 Å². The molecule has 0 aliphatic heterocycles. The molecule has 0 aliphatic rings. The van der Waals surface area contributed by atoms with Crippen LogP contribution >= 0.6 is 0 Å². The van der Waals surface area contributed by atoms with E-state index in [1.54, 1.807) is 36.4 Å². The number of hydrogen-bond donors (Lipinski definition) is 0. The summed E-state index contributed by atoms with van der Waals surface area (Å²) in [7, 11) is 1.19. The van der Waals surface area contributed by atoms with Crippen molar-refractivity contribution in [3.05, 3.63) is 75.8 Å². The zero-order valence-corrected chi connectivity index (χ0v) is 12.5. The fraction of sp³-hybridized carbons (Fsp3) is 0.176. The van der Waals surface area contributed by atoms with Crippen LogP contribution in [0.25, 0.3) is 0 Å². The van der Waals surface area contributed by atoms with Gasteiger partial charge in [0, 0.05) is 17.2 Å². The maximum absolute atomic E-state index is 12.6. The standard InChI is InChI=1S/C17H15NO5/c1-23-17(20)14(16(19)12-7-3-2-4-8-12)11-13-9-5-6-10-15(13)18(21)22/h2-10,14H,11H2,1H3. The third-order valence-corrected chi connectivity index (χ3v) is 3.47. The number of carbonyl (C=O) groups excluding carboxylic acids is 2. The van der Waals surface area contributed by atoms with Crippen LogP contribution in [0.3, 0.4) is 0 Å². The van der Waals surface area contributed by atoms with E-state index in [-0.39, 0.29) is 12.1 Å². The van der Waals surface area contributed by atoms with Crippen molar-refractivity contribution in [2.45, 2.75) is 6.42 Å². The number of benzene rings is 2. The molecule has 0 N–H and O–H groups in total. The van der Waals surface area contributed by atoms with Gasteiger partial charge in [-0.2, -0.15) is 0 Å². The maximum atomic E-state index is 12.6. The van der Waals surface area contributed by atoms with Crippen LogP contribution < -0.4 is 0 Å². The van der Waals surface area contributed by atoms with Crippen LogP contribution in [0.4, 0.5) is 5.69 Å². The van der Waals surface area contributed by atoms with Gasteiger partial charge in [0.1, 0.15) is 5.92 Å². The molecule has 2 aromatic rings. The quantitative estimate of drug-likeness (QED) is 0.269. The summed E-state index contributed by atoms with van der Waals surface area (Å²) in [6, 6.07) is 14.4. The molecule has 0 aromatic heterocycles. The summed E-state index contributed by atoms with van der Waals surface area (Å²) in [6.45, 7) is 0. The Bertz CT molecular complexity index is 727. The number of para-hydroxylation sites is 1. The van der Waals surface area contributed by atoms with Crippen molar-refractivity contribution in [2.75, 3.05) is 7.11 Å². The molecule has 0 fully saturated rings. The van der Waals surface area contributed by atoms with E-state index in [2.05, 4.69) is 0 Å². The van der Waals surface area contributed by atoms with E-state index in [1.165, 1.54) is 25.3 Å². The van der Waals surface area contributed by atoms with Gasteiger partial charge in [-0.3, -0.25) is 19.7 Å². The summed E-state index contributed by atoms with van der Waals surface area (Å²) < 4.78 is 4.70. The molecule has 23 heavy (non-hydrogen) atoms. The Morgan fingerprint density at radius 1 is 1.09 bits per heavy atom. The minimum absolute atomic E-state index is 0.0858. The van der Waals surface area contributed by atoms with E-state index in [1.807, 2.05) is 0 Å². The first kappa shape index (κ1) is 16.4. The first-order valence-electron chi connectivity index (χ1n) is 6.94. The molecule has 0 amide bonds. The molecular weight excluding hydrogens is 298 g/mol. The number of nitro benzene ring substituents is 1. The van der Waals surface area contributed by atoms with Crippen LogP contribution in [0.1, 0.15) is 15.9 Å². The fourth-order valence-corrected chi connectivity index (χ4v) is 2.31. The second-order valence-corrected chi connectivity index (χ2v) is 4.90. The molecule has 6 heteroatoms. The third kappa shape index (κ3) is 3.79. The van der Waals surface area contributed by atoms with Crippen molar-refractivity contribution < 1.29 is 19.2 Å².